The fourth-order valence-corrected chi connectivity index (χ4v) is 4.48. The van der Waals surface area contributed by atoms with E-state index in [-0.39, 0.29) is 5.38 Å². The second-order valence-electron chi connectivity index (χ2n) is 6.07. The Morgan fingerprint density at radius 2 is 2.30 bits per heavy atom. The first kappa shape index (κ1) is 14.3. The molecule has 1 aliphatic rings. The summed E-state index contributed by atoms with van der Waals surface area (Å²) in [5, 5.41) is -0.0577. The molecule has 108 valence electrons. The highest BCUT2D eigenvalue weighted by Crippen LogP contribution is 2.40. The molecule has 1 fully saturated rings. The summed E-state index contributed by atoms with van der Waals surface area (Å²) in [7, 11) is 0. The highest BCUT2D eigenvalue weighted by molar-refractivity contribution is 8.00. The highest BCUT2D eigenvalue weighted by atomic mass is 35.5. The van der Waals surface area contributed by atoms with Crippen LogP contribution < -0.4 is 0 Å². The molecule has 0 N–H and O–H groups in total. The maximum atomic E-state index is 6.36. The van der Waals surface area contributed by atoms with Gasteiger partial charge in [0.25, 0.3) is 0 Å². The molecule has 0 aliphatic carbocycles. The minimum Gasteiger partial charge on any atom is -0.325 e. The summed E-state index contributed by atoms with van der Waals surface area (Å²) in [5.41, 5.74) is 3.53. The monoisotopic (exact) mass is 308 g/mol. The molecule has 0 radical (unpaired) electrons. The molecule has 0 saturated carbocycles. The van der Waals surface area contributed by atoms with Crippen molar-refractivity contribution >= 4 is 34.4 Å². The number of thioether (sulfide) groups is 1. The molecule has 20 heavy (non-hydrogen) atoms. The number of aromatic nitrogens is 2. The zero-order chi connectivity index (χ0) is 14.3. The Morgan fingerprint density at radius 3 is 2.95 bits per heavy atom. The lowest BCUT2D eigenvalue weighted by molar-refractivity contribution is 0.506. The van der Waals surface area contributed by atoms with E-state index >= 15 is 0 Å². The maximum absolute atomic E-state index is 6.36. The SMILES string of the molecule is Cc1ccc2c(c1)nc(C(C)Cl)n2CC1(C)CCCS1. The molecule has 3 rings (SSSR count). The second kappa shape index (κ2) is 5.27. The van der Waals surface area contributed by atoms with Gasteiger partial charge in [0.05, 0.1) is 16.4 Å². The van der Waals surface area contributed by atoms with Gasteiger partial charge in [-0.15, -0.1) is 11.6 Å². The van der Waals surface area contributed by atoms with Gasteiger partial charge in [0, 0.05) is 11.3 Å². The van der Waals surface area contributed by atoms with E-state index in [0.29, 0.717) is 4.75 Å². The van der Waals surface area contributed by atoms with Crippen LogP contribution in [0.4, 0.5) is 0 Å². The molecule has 2 heterocycles. The Morgan fingerprint density at radius 1 is 1.50 bits per heavy atom. The van der Waals surface area contributed by atoms with Crippen LogP contribution in [-0.2, 0) is 6.54 Å². The van der Waals surface area contributed by atoms with Gasteiger partial charge in [0.2, 0.25) is 0 Å². The number of fused-ring (bicyclic) bond motifs is 1. The topological polar surface area (TPSA) is 17.8 Å². The molecule has 2 nitrogen and oxygen atoms in total. The van der Waals surface area contributed by atoms with Gasteiger partial charge < -0.3 is 4.57 Å². The van der Waals surface area contributed by atoms with Gasteiger partial charge in [0.1, 0.15) is 5.82 Å². The standard InChI is InChI=1S/C16H21ClN2S/c1-11-5-6-14-13(9-11)18-15(12(2)17)19(14)10-16(3)7-4-8-20-16/h5-6,9,12H,4,7-8,10H2,1-3H3. The first-order valence-electron chi connectivity index (χ1n) is 7.23. The fraction of sp³-hybridized carbons (Fsp3) is 0.562. The van der Waals surface area contributed by atoms with Crippen molar-refractivity contribution in [3.05, 3.63) is 29.6 Å². The molecule has 0 bridgehead atoms. The highest BCUT2D eigenvalue weighted by Gasteiger charge is 2.31. The predicted octanol–water partition coefficient (Wildman–Crippen LogP) is 4.93. The predicted molar refractivity (Wildman–Crippen MR) is 88.8 cm³/mol. The van der Waals surface area contributed by atoms with E-state index in [2.05, 4.69) is 48.4 Å². The molecule has 2 aromatic rings. The number of benzene rings is 1. The minimum absolute atomic E-state index is 0.0577. The zero-order valence-electron chi connectivity index (χ0n) is 12.3. The number of alkyl halides is 1. The van der Waals surface area contributed by atoms with Crippen molar-refractivity contribution in [2.45, 2.75) is 50.3 Å². The zero-order valence-corrected chi connectivity index (χ0v) is 13.9. The van der Waals surface area contributed by atoms with Crippen molar-refractivity contribution in [3.63, 3.8) is 0 Å². The van der Waals surface area contributed by atoms with Gasteiger partial charge in [-0.1, -0.05) is 6.07 Å². The fourth-order valence-electron chi connectivity index (χ4n) is 3.02. The van der Waals surface area contributed by atoms with Gasteiger partial charge in [0.15, 0.2) is 0 Å². The van der Waals surface area contributed by atoms with Crippen LogP contribution in [0.15, 0.2) is 18.2 Å². The van der Waals surface area contributed by atoms with Crippen molar-refractivity contribution in [3.8, 4) is 0 Å². The van der Waals surface area contributed by atoms with E-state index < -0.39 is 0 Å². The van der Waals surface area contributed by atoms with Gasteiger partial charge in [-0.25, -0.2) is 4.98 Å². The number of hydrogen-bond donors (Lipinski definition) is 0. The summed E-state index contributed by atoms with van der Waals surface area (Å²) < 4.78 is 2.66. The molecule has 1 aromatic carbocycles. The van der Waals surface area contributed by atoms with E-state index in [1.54, 1.807) is 0 Å². The van der Waals surface area contributed by atoms with Crippen molar-refractivity contribution in [1.29, 1.82) is 0 Å². The summed E-state index contributed by atoms with van der Waals surface area (Å²) >= 11 is 8.44. The Labute approximate surface area is 129 Å². The summed E-state index contributed by atoms with van der Waals surface area (Å²) in [5.74, 6) is 2.27. The van der Waals surface area contributed by atoms with Crippen LogP contribution in [0.1, 0.15) is 43.5 Å². The van der Waals surface area contributed by atoms with Crippen molar-refractivity contribution in [2.75, 3.05) is 5.75 Å². The number of hydrogen-bond acceptors (Lipinski definition) is 2. The average Bonchev–Trinajstić information content (AvgIpc) is 2.94. The van der Waals surface area contributed by atoms with Crippen LogP contribution in [0.5, 0.6) is 0 Å². The third-order valence-electron chi connectivity index (χ3n) is 4.08. The molecule has 0 amide bonds. The van der Waals surface area contributed by atoms with Crippen molar-refractivity contribution in [2.24, 2.45) is 0 Å². The van der Waals surface area contributed by atoms with Crippen LogP contribution in [0.3, 0.4) is 0 Å². The minimum atomic E-state index is -0.0577. The normalized spacial score (nSPS) is 24.4. The van der Waals surface area contributed by atoms with Crippen LogP contribution in [0.25, 0.3) is 11.0 Å². The third-order valence-corrected chi connectivity index (χ3v) is 5.80. The molecule has 1 saturated heterocycles. The van der Waals surface area contributed by atoms with Gasteiger partial charge in [-0.05, 0) is 57.1 Å². The summed E-state index contributed by atoms with van der Waals surface area (Å²) in [6.07, 6.45) is 2.60. The molecule has 2 atom stereocenters. The molecular weight excluding hydrogens is 288 g/mol. The number of nitrogens with zero attached hydrogens (tertiary/aromatic N) is 2. The van der Waals surface area contributed by atoms with Gasteiger partial charge >= 0.3 is 0 Å². The molecule has 1 aliphatic heterocycles. The Bertz CT molecular complexity index is 627. The van der Waals surface area contributed by atoms with E-state index in [9.17, 15) is 0 Å². The van der Waals surface area contributed by atoms with Gasteiger partial charge in [-0.3, -0.25) is 0 Å². The van der Waals surface area contributed by atoms with Crippen LogP contribution in [-0.4, -0.2) is 20.1 Å². The lowest BCUT2D eigenvalue weighted by Gasteiger charge is -2.25. The number of imidazole rings is 1. The van der Waals surface area contributed by atoms with Crippen LogP contribution >= 0.6 is 23.4 Å². The quantitative estimate of drug-likeness (QED) is 0.748. The third kappa shape index (κ3) is 2.58. The Balaban J connectivity index is 2.09. The van der Waals surface area contributed by atoms with Crippen LogP contribution in [0, 0.1) is 6.92 Å². The number of halogens is 1. The molecule has 1 aromatic heterocycles. The Hall–Kier alpha value is -0.670. The number of rotatable bonds is 3. The lowest BCUT2D eigenvalue weighted by Crippen LogP contribution is -2.25. The van der Waals surface area contributed by atoms with E-state index in [4.69, 9.17) is 16.6 Å². The van der Waals surface area contributed by atoms with Crippen molar-refractivity contribution < 1.29 is 0 Å². The molecular formula is C16H21ClN2S. The first-order valence-corrected chi connectivity index (χ1v) is 8.65. The summed E-state index contributed by atoms with van der Waals surface area (Å²) in [6, 6.07) is 6.50. The smallest absolute Gasteiger partial charge is 0.127 e. The molecule has 0 spiro atoms. The summed E-state index contributed by atoms with van der Waals surface area (Å²) in [6.45, 7) is 7.49. The van der Waals surface area contributed by atoms with Gasteiger partial charge in [-0.2, -0.15) is 11.8 Å². The van der Waals surface area contributed by atoms with Crippen molar-refractivity contribution in [1.82, 2.24) is 9.55 Å². The average molecular weight is 309 g/mol. The lowest BCUT2D eigenvalue weighted by atomic mass is 10.1. The van der Waals surface area contributed by atoms with Crippen LogP contribution in [0.2, 0.25) is 0 Å². The Kier molecular flexibility index (Phi) is 3.76. The first-order chi connectivity index (χ1) is 9.48. The van der Waals surface area contributed by atoms with E-state index in [1.807, 2.05) is 6.92 Å². The second-order valence-corrected chi connectivity index (χ2v) is 8.40. The largest absolute Gasteiger partial charge is 0.325 e. The van der Waals surface area contributed by atoms with E-state index in [0.717, 1.165) is 17.9 Å². The molecule has 2 unspecified atom stereocenters. The molecule has 4 heteroatoms. The maximum Gasteiger partial charge on any atom is 0.127 e. The van der Waals surface area contributed by atoms with E-state index in [1.165, 1.54) is 29.7 Å². The number of aryl methyl sites for hydroxylation is 1. The summed E-state index contributed by atoms with van der Waals surface area (Å²) in [4.78, 5) is 4.77.